The van der Waals surface area contributed by atoms with Crippen molar-refractivity contribution in [1.82, 2.24) is 30.6 Å². The average Bonchev–Trinajstić information content (AvgIpc) is 2.82. The smallest absolute Gasteiger partial charge is 0.160 e. The van der Waals surface area contributed by atoms with Crippen LogP contribution in [0.15, 0.2) is 54.0 Å². The second kappa shape index (κ2) is 12.7. The number of aromatic nitrogens is 2. The Morgan fingerprint density at radius 3 is 2.62 bits per heavy atom. The van der Waals surface area contributed by atoms with Gasteiger partial charge in [0.25, 0.3) is 0 Å². The number of nitrogens with one attached hydrogen (secondary N) is 3. The van der Waals surface area contributed by atoms with E-state index in [4.69, 9.17) is 0 Å². The Balaban J connectivity index is 1.74. The van der Waals surface area contributed by atoms with Crippen LogP contribution in [0, 0.1) is 0 Å². The highest BCUT2D eigenvalue weighted by Gasteiger charge is 2.13. The van der Waals surface area contributed by atoms with Gasteiger partial charge in [0.05, 0.1) is 0 Å². The first kappa shape index (κ1) is 23.6. The van der Waals surface area contributed by atoms with E-state index in [1.807, 2.05) is 55.5 Å². The Kier molecular flexibility index (Phi) is 9.37. The molecule has 0 bridgehead atoms. The lowest BCUT2D eigenvalue weighted by atomic mass is 10.2. The van der Waals surface area contributed by atoms with E-state index in [0.29, 0.717) is 17.5 Å². The Morgan fingerprint density at radius 2 is 1.91 bits per heavy atom. The molecule has 0 spiro atoms. The fourth-order valence-corrected chi connectivity index (χ4v) is 3.25. The molecular formula is C24H34N8. The lowest BCUT2D eigenvalue weighted by molar-refractivity contribution is 0.158. The molecule has 3 rings (SSSR count). The van der Waals surface area contributed by atoms with Crippen LogP contribution in [-0.2, 0) is 0 Å². The van der Waals surface area contributed by atoms with Crippen LogP contribution < -0.4 is 16.2 Å². The van der Waals surface area contributed by atoms with Crippen molar-refractivity contribution in [3.63, 3.8) is 0 Å². The lowest BCUT2D eigenvalue weighted by Gasteiger charge is -2.32. The summed E-state index contributed by atoms with van der Waals surface area (Å²) in [6, 6.07) is 12.0. The quantitative estimate of drug-likeness (QED) is 0.301. The van der Waals surface area contributed by atoms with E-state index >= 15 is 0 Å². The van der Waals surface area contributed by atoms with Crippen molar-refractivity contribution in [2.45, 2.75) is 6.92 Å². The topological polar surface area (TPSA) is 80.7 Å². The van der Waals surface area contributed by atoms with E-state index in [2.05, 4.69) is 54.6 Å². The number of amidine groups is 1. The summed E-state index contributed by atoms with van der Waals surface area (Å²) in [5.74, 6) is 2.53. The van der Waals surface area contributed by atoms with Crippen molar-refractivity contribution in [3.8, 4) is 0 Å². The highest BCUT2D eigenvalue weighted by molar-refractivity contribution is 5.93. The molecule has 0 unspecified atom stereocenters. The zero-order valence-electron chi connectivity index (χ0n) is 19.1. The number of benzene rings is 1. The average molecular weight is 435 g/mol. The van der Waals surface area contributed by atoms with E-state index in [1.165, 1.54) is 0 Å². The van der Waals surface area contributed by atoms with Crippen LogP contribution in [0.4, 0.5) is 11.6 Å². The molecule has 0 saturated carbocycles. The summed E-state index contributed by atoms with van der Waals surface area (Å²) in [6.45, 7) is 12.8. The van der Waals surface area contributed by atoms with Gasteiger partial charge in [-0.1, -0.05) is 49.9 Å². The van der Waals surface area contributed by atoms with E-state index < -0.39 is 0 Å². The normalized spacial score (nSPS) is 15.8. The molecule has 32 heavy (non-hydrogen) atoms. The number of anilines is 1. The number of nitrogens with zero attached hydrogens (tertiary/aromatic N) is 5. The fourth-order valence-electron chi connectivity index (χ4n) is 3.25. The predicted octanol–water partition coefficient (Wildman–Crippen LogP) is 2.64. The third-order valence-electron chi connectivity index (χ3n) is 5.11. The van der Waals surface area contributed by atoms with E-state index in [0.717, 1.165) is 57.2 Å². The molecule has 0 radical (unpaired) electrons. The minimum atomic E-state index is 0.565. The maximum atomic E-state index is 4.67. The zero-order chi connectivity index (χ0) is 22.6. The molecule has 1 aliphatic rings. The summed E-state index contributed by atoms with van der Waals surface area (Å²) in [7, 11) is 2.17. The second-order valence-electron chi connectivity index (χ2n) is 7.64. The van der Waals surface area contributed by atoms with Crippen LogP contribution >= 0.6 is 0 Å². The Morgan fingerprint density at radius 1 is 1.12 bits per heavy atom. The molecule has 3 N–H and O–H groups in total. The number of hydrazine groups is 1. The van der Waals surface area contributed by atoms with Crippen LogP contribution in [0.5, 0.6) is 0 Å². The first-order valence-corrected chi connectivity index (χ1v) is 11.1. The second-order valence-corrected chi connectivity index (χ2v) is 7.64. The summed E-state index contributed by atoms with van der Waals surface area (Å²) >= 11 is 0. The monoisotopic (exact) mass is 434 g/mol. The molecule has 8 heteroatoms. The van der Waals surface area contributed by atoms with Crippen LogP contribution in [0.1, 0.15) is 18.3 Å². The van der Waals surface area contributed by atoms with Gasteiger partial charge in [-0.25, -0.2) is 20.4 Å². The van der Waals surface area contributed by atoms with Gasteiger partial charge in [0.2, 0.25) is 0 Å². The summed E-state index contributed by atoms with van der Waals surface area (Å²) < 4.78 is 0. The van der Waals surface area contributed by atoms with Crippen LogP contribution in [0.2, 0.25) is 0 Å². The summed E-state index contributed by atoms with van der Waals surface area (Å²) in [5, 5.41) is 3.45. The fraction of sp³-hybridized carbons (Fsp3) is 0.375. The molecule has 1 saturated heterocycles. The molecule has 1 fully saturated rings. The van der Waals surface area contributed by atoms with Gasteiger partial charge in [0.1, 0.15) is 11.7 Å². The number of rotatable bonds is 10. The van der Waals surface area contributed by atoms with Crippen LogP contribution in [0.25, 0.3) is 12.2 Å². The minimum Gasteiger partial charge on any atom is -0.369 e. The van der Waals surface area contributed by atoms with Gasteiger partial charge >= 0.3 is 0 Å². The van der Waals surface area contributed by atoms with Gasteiger partial charge in [-0.3, -0.25) is 4.90 Å². The number of hydrogen-bond acceptors (Lipinski definition) is 7. The maximum Gasteiger partial charge on any atom is 0.160 e. The Bertz CT molecular complexity index is 901. The standard InChI is InChI=1S/C24H34N8/c1-4-21(30-26-5-2)27-24-19-23(25-13-14-32-17-15-31(3)16-18-32)28-22(29-24)12-11-20-9-7-6-8-10-20/h4,6-12,19,26H,1,5,13-18H2,2-3H3,(H2,25,27,28,29,30)/b12-11+. The first-order valence-electron chi connectivity index (χ1n) is 11.1. The molecule has 170 valence electrons. The molecule has 2 heterocycles. The van der Waals surface area contributed by atoms with Crippen LogP contribution in [-0.4, -0.2) is 78.5 Å². The van der Waals surface area contributed by atoms with E-state index in [1.54, 1.807) is 6.08 Å². The SMILES string of the molecule is C=CC(=Nc1cc(NCCN2CCN(C)CC2)nc(/C=C/c2ccccc2)n1)NNCC. The molecule has 0 amide bonds. The third kappa shape index (κ3) is 7.88. The molecule has 8 nitrogen and oxygen atoms in total. The Labute approximate surface area is 191 Å². The van der Waals surface area contributed by atoms with Gasteiger partial charge in [0, 0.05) is 51.9 Å². The van der Waals surface area contributed by atoms with Gasteiger partial charge in [-0.2, -0.15) is 0 Å². The number of piperazine rings is 1. The molecule has 1 aliphatic heterocycles. The lowest BCUT2D eigenvalue weighted by Crippen LogP contribution is -2.45. The molecule has 1 aromatic carbocycles. The third-order valence-corrected chi connectivity index (χ3v) is 5.11. The van der Waals surface area contributed by atoms with Crippen molar-refractivity contribution in [3.05, 3.63) is 60.4 Å². The number of aliphatic imine (C=N–C) groups is 1. The van der Waals surface area contributed by atoms with Crippen LogP contribution in [0.3, 0.4) is 0 Å². The number of hydrogen-bond donors (Lipinski definition) is 3. The maximum absolute atomic E-state index is 4.67. The van der Waals surface area contributed by atoms with Crippen molar-refractivity contribution in [1.29, 1.82) is 0 Å². The Hall–Kier alpha value is -3.07. The van der Waals surface area contributed by atoms with Crippen molar-refractivity contribution >= 4 is 29.6 Å². The largest absolute Gasteiger partial charge is 0.369 e. The van der Waals surface area contributed by atoms with Gasteiger partial charge in [-0.15, -0.1) is 0 Å². The van der Waals surface area contributed by atoms with Crippen molar-refractivity contribution < 1.29 is 0 Å². The molecule has 2 aromatic rings. The van der Waals surface area contributed by atoms with Gasteiger partial charge in [-0.05, 0) is 24.8 Å². The molecule has 1 aromatic heterocycles. The zero-order valence-corrected chi connectivity index (χ0v) is 19.1. The number of likely N-dealkylation sites (N-methyl/N-ethyl adjacent to an activating group) is 1. The molecular weight excluding hydrogens is 400 g/mol. The highest BCUT2D eigenvalue weighted by Crippen LogP contribution is 2.16. The summed E-state index contributed by atoms with van der Waals surface area (Å²) in [4.78, 5) is 18.7. The van der Waals surface area contributed by atoms with Gasteiger partial charge < -0.3 is 15.6 Å². The minimum absolute atomic E-state index is 0.565. The van der Waals surface area contributed by atoms with Crippen molar-refractivity contribution in [2.75, 3.05) is 58.2 Å². The van der Waals surface area contributed by atoms with E-state index in [-0.39, 0.29) is 0 Å². The predicted molar refractivity (Wildman–Crippen MR) is 134 cm³/mol. The van der Waals surface area contributed by atoms with Crippen molar-refractivity contribution in [2.24, 2.45) is 4.99 Å². The summed E-state index contributed by atoms with van der Waals surface area (Å²) in [6.07, 6.45) is 5.57. The molecule has 0 aliphatic carbocycles. The first-order chi connectivity index (χ1) is 15.7. The molecule has 0 atom stereocenters. The highest BCUT2D eigenvalue weighted by atomic mass is 15.4. The van der Waals surface area contributed by atoms with E-state index in [9.17, 15) is 0 Å². The summed E-state index contributed by atoms with van der Waals surface area (Å²) in [5.41, 5.74) is 7.15. The van der Waals surface area contributed by atoms with Gasteiger partial charge in [0.15, 0.2) is 11.6 Å².